The predicted octanol–water partition coefficient (Wildman–Crippen LogP) is 4.76. The summed E-state index contributed by atoms with van der Waals surface area (Å²) in [6, 6.07) is 5.53. The van der Waals surface area contributed by atoms with Gasteiger partial charge in [0.2, 0.25) is 0 Å². The molecule has 27 heavy (non-hydrogen) atoms. The molecule has 4 nitrogen and oxygen atoms in total. The largest absolute Gasteiger partial charge is 0.360 e. The standard InChI is InChI=1S/C19H26F3N3OSi/c1-27(2,3)9-8-26-13-24-7-6-19(23-24)25-12-15(21)11-18(25)16-10-14(20)4-5-17(16)22/h4-7,10,15,18H,8-9,11-13H2,1-3H3/t15-,18+/m0/s1. The number of hydrogen-bond donors (Lipinski definition) is 0. The molecule has 8 heteroatoms. The van der Waals surface area contributed by atoms with Crippen LogP contribution in [-0.2, 0) is 11.5 Å². The fourth-order valence-corrected chi connectivity index (χ4v) is 3.97. The third-order valence-electron chi connectivity index (χ3n) is 4.71. The number of aromatic nitrogens is 2. The van der Waals surface area contributed by atoms with E-state index >= 15 is 0 Å². The first-order valence-corrected chi connectivity index (χ1v) is 12.9. The molecule has 0 bridgehead atoms. The Morgan fingerprint density at radius 2 is 2.00 bits per heavy atom. The van der Waals surface area contributed by atoms with Crippen molar-refractivity contribution in [2.75, 3.05) is 18.1 Å². The number of hydrogen-bond acceptors (Lipinski definition) is 3. The van der Waals surface area contributed by atoms with Gasteiger partial charge < -0.3 is 9.64 Å². The van der Waals surface area contributed by atoms with E-state index in [0.717, 1.165) is 24.2 Å². The topological polar surface area (TPSA) is 30.3 Å². The molecule has 148 valence electrons. The summed E-state index contributed by atoms with van der Waals surface area (Å²) < 4.78 is 49.2. The lowest BCUT2D eigenvalue weighted by molar-refractivity contribution is 0.0787. The molecule has 0 N–H and O–H groups in total. The number of rotatable bonds is 7. The maximum absolute atomic E-state index is 14.2. The van der Waals surface area contributed by atoms with E-state index in [2.05, 4.69) is 24.7 Å². The van der Waals surface area contributed by atoms with Gasteiger partial charge in [-0.25, -0.2) is 17.9 Å². The van der Waals surface area contributed by atoms with Crippen LogP contribution >= 0.6 is 0 Å². The van der Waals surface area contributed by atoms with Crippen LogP contribution in [0.1, 0.15) is 18.0 Å². The molecule has 1 saturated heterocycles. The fraction of sp³-hybridized carbons (Fsp3) is 0.526. The van der Waals surface area contributed by atoms with Crippen LogP contribution in [0.3, 0.4) is 0 Å². The lowest BCUT2D eigenvalue weighted by atomic mass is 10.0. The lowest BCUT2D eigenvalue weighted by Gasteiger charge is -2.24. The first-order chi connectivity index (χ1) is 12.7. The van der Waals surface area contributed by atoms with Crippen molar-refractivity contribution in [3.8, 4) is 0 Å². The van der Waals surface area contributed by atoms with Crippen molar-refractivity contribution >= 4 is 13.9 Å². The predicted molar refractivity (Wildman–Crippen MR) is 102 cm³/mol. The van der Waals surface area contributed by atoms with Crippen molar-refractivity contribution in [2.45, 2.75) is 51.1 Å². The summed E-state index contributed by atoms with van der Waals surface area (Å²) >= 11 is 0. The van der Waals surface area contributed by atoms with Gasteiger partial charge in [-0.15, -0.1) is 0 Å². The van der Waals surface area contributed by atoms with Crippen LogP contribution in [0.4, 0.5) is 19.0 Å². The highest BCUT2D eigenvalue weighted by Gasteiger charge is 2.36. The SMILES string of the molecule is C[Si](C)(C)CCOCn1ccc(N2C[C@@H](F)C[C@@H]2c2cc(F)ccc2F)n1. The third kappa shape index (κ3) is 5.13. The molecule has 2 atom stereocenters. The van der Waals surface area contributed by atoms with Gasteiger partial charge in [0.15, 0.2) is 5.82 Å². The zero-order valence-electron chi connectivity index (χ0n) is 16.0. The van der Waals surface area contributed by atoms with Crippen LogP contribution in [-0.4, -0.2) is 37.2 Å². The van der Waals surface area contributed by atoms with E-state index in [9.17, 15) is 13.2 Å². The van der Waals surface area contributed by atoms with Crippen LogP contribution in [0.25, 0.3) is 0 Å². The molecular formula is C19H26F3N3OSi. The minimum Gasteiger partial charge on any atom is -0.360 e. The number of anilines is 1. The smallest absolute Gasteiger partial charge is 0.151 e. The minimum absolute atomic E-state index is 0.105. The van der Waals surface area contributed by atoms with Crippen LogP contribution in [0.5, 0.6) is 0 Å². The van der Waals surface area contributed by atoms with E-state index in [1.165, 1.54) is 0 Å². The first kappa shape index (κ1) is 19.9. The molecule has 1 fully saturated rings. The van der Waals surface area contributed by atoms with E-state index in [4.69, 9.17) is 4.74 Å². The highest BCUT2D eigenvalue weighted by Crippen LogP contribution is 2.37. The van der Waals surface area contributed by atoms with E-state index in [0.29, 0.717) is 19.2 Å². The second-order valence-corrected chi connectivity index (χ2v) is 13.8. The van der Waals surface area contributed by atoms with Crippen molar-refractivity contribution < 1.29 is 17.9 Å². The summed E-state index contributed by atoms with van der Waals surface area (Å²) in [6.07, 6.45) is 0.754. The third-order valence-corrected chi connectivity index (χ3v) is 6.41. The molecule has 1 aromatic heterocycles. The molecule has 0 aliphatic carbocycles. The zero-order valence-corrected chi connectivity index (χ0v) is 17.0. The number of benzene rings is 1. The molecule has 3 rings (SSSR count). The Balaban J connectivity index is 1.69. The van der Waals surface area contributed by atoms with Crippen LogP contribution in [0, 0.1) is 11.6 Å². The monoisotopic (exact) mass is 397 g/mol. The summed E-state index contributed by atoms with van der Waals surface area (Å²) in [7, 11) is -1.15. The molecule has 0 spiro atoms. The highest BCUT2D eigenvalue weighted by molar-refractivity contribution is 6.76. The van der Waals surface area contributed by atoms with E-state index in [-0.39, 0.29) is 18.5 Å². The Hall–Kier alpha value is -1.80. The molecule has 0 unspecified atom stereocenters. The molecule has 1 aliphatic rings. The van der Waals surface area contributed by atoms with Crippen LogP contribution in [0.2, 0.25) is 25.7 Å². The molecule has 1 aliphatic heterocycles. The molecule has 0 saturated carbocycles. The Morgan fingerprint density at radius 3 is 2.74 bits per heavy atom. The summed E-state index contributed by atoms with van der Waals surface area (Å²) in [5.41, 5.74) is 0.163. The second kappa shape index (κ2) is 8.06. The van der Waals surface area contributed by atoms with Crippen LogP contribution in [0.15, 0.2) is 30.5 Å². The molecule has 2 heterocycles. The normalized spacial score (nSPS) is 20.4. The summed E-state index contributed by atoms with van der Waals surface area (Å²) in [4.78, 5) is 1.70. The van der Waals surface area contributed by atoms with Crippen LogP contribution < -0.4 is 4.90 Å². The van der Waals surface area contributed by atoms with Crippen molar-refractivity contribution in [1.82, 2.24) is 9.78 Å². The number of nitrogens with zero attached hydrogens (tertiary/aromatic N) is 3. The van der Waals surface area contributed by atoms with Gasteiger partial charge in [0.1, 0.15) is 24.5 Å². The summed E-state index contributed by atoms with van der Waals surface area (Å²) in [5, 5.41) is 4.43. The van der Waals surface area contributed by atoms with Gasteiger partial charge in [-0.1, -0.05) is 19.6 Å². The van der Waals surface area contributed by atoms with Crippen molar-refractivity contribution in [3.63, 3.8) is 0 Å². The zero-order chi connectivity index (χ0) is 19.6. The van der Waals surface area contributed by atoms with Crippen molar-refractivity contribution in [2.24, 2.45) is 0 Å². The highest BCUT2D eigenvalue weighted by atomic mass is 28.3. The molecule has 1 aromatic carbocycles. The van der Waals surface area contributed by atoms with Gasteiger partial charge in [-0.2, -0.15) is 5.10 Å². The van der Waals surface area contributed by atoms with E-state index < -0.39 is 31.9 Å². The average molecular weight is 398 g/mol. The van der Waals surface area contributed by atoms with Gasteiger partial charge in [0, 0.05) is 38.9 Å². The first-order valence-electron chi connectivity index (χ1n) is 9.20. The van der Waals surface area contributed by atoms with E-state index in [1.807, 2.05) is 0 Å². The van der Waals surface area contributed by atoms with Crippen molar-refractivity contribution in [1.29, 1.82) is 0 Å². The molecule has 0 amide bonds. The summed E-state index contributed by atoms with van der Waals surface area (Å²) in [6.45, 7) is 7.96. The second-order valence-electron chi connectivity index (χ2n) is 8.23. The maximum atomic E-state index is 14.2. The van der Waals surface area contributed by atoms with Crippen molar-refractivity contribution in [3.05, 3.63) is 47.7 Å². The number of halogens is 3. The fourth-order valence-electron chi connectivity index (χ4n) is 3.22. The van der Waals surface area contributed by atoms with Gasteiger partial charge >= 0.3 is 0 Å². The van der Waals surface area contributed by atoms with Gasteiger partial charge in [0.05, 0.1) is 12.6 Å². The quantitative estimate of drug-likeness (QED) is 0.498. The van der Waals surface area contributed by atoms with E-state index in [1.54, 1.807) is 21.8 Å². The molecule has 0 radical (unpaired) electrons. The average Bonchev–Trinajstić information content (AvgIpc) is 3.19. The Bertz CT molecular complexity index is 778. The Labute approximate surface area is 158 Å². The van der Waals surface area contributed by atoms with Gasteiger partial charge in [-0.05, 0) is 24.2 Å². The molecular weight excluding hydrogens is 371 g/mol. The maximum Gasteiger partial charge on any atom is 0.151 e. The number of ether oxygens (including phenoxy) is 1. The Kier molecular flexibility index (Phi) is 5.95. The van der Waals surface area contributed by atoms with Gasteiger partial charge in [0.25, 0.3) is 0 Å². The minimum atomic E-state index is -1.15. The van der Waals surface area contributed by atoms with Gasteiger partial charge in [-0.3, -0.25) is 0 Å². The molecule has 2 aromatic rings. The Morgan fingerprint density at radius 1 is 1.22 bits per heavy atom. The summed E-state index contributed by atoms with van der Waals surface area (Å²) in [5.74, 6) is -0.526. The lowest BCUT2D eigenvalue weighted by Crippen LogP contribution is -2.25. The number of alkyl halides is 1.